The van der Waals surface area contributed by atoms with Gasteiger partial charge >= 0.3 is 0 Å². The summed E-state index contributed by atoms with van der Waals surface area (Å²) in [5.41, 5.74) is 3.93. The standard InChI is InChI=1S/C30H31N3O3/c1-36-26-15-11-23(12-16-26)30(35)33(25-13-14-25)21-29(34)32(20-22-7-3-2-4-8-22)18-17-24-19-31-28-10-6-5-9-27(24)28/h2-12,15-16,19,25,31H,13-14,17-18,20-21H2,1H3. The molecule has 1 saturated carbocycles. The highest BCUT2D eigenvalue weighted by Gasteiger charge is 2.35. The molecule has 1 aromatic heterocycles. The van der Waals surface area contributed by atoms with E-state index in [-0.39, 0.29) is 24.4 Å². The number of benzene rings is 3. The number of hydrogen-bond acceptors (Lipinski definition) is 3. The fourth-order valence-corrected chi connectivity index (χ4v) is 4.59. The molecule has 36 heavy (non-hydrogen) atoms. The molecule has 1 aliphatic carbocycles. The number of carbonyl (C=O) groups excluding carboxylic acids is 2. The predicted molar refractivity (Wildman–Crippen MR) is 141 cm³/mol. The number of carbonyl (C=O) groups is 2. The lowest BCUT2D eigenvalue weighted by molar-refractivity contribution is -0.132. The number of H-pyrrole nitrogens is 1. The van der Waals surface area contributed by atoms with Crippen molar-refractivity contribution in [1.29, 1.82) is 0 Å². The number of nitrogens with one attached hydrogen (secondary N) is 1. The molecule has 0 spiro atoms. The average Bonchev–Trinajstić information content (AvgIpc) is 3.69. The minimum atomic E-state index is -0.107. The van der Waals surface area contributed by atoms with Crippen LogP contribution in [0.4, 0.5) is 0 Å². The van der Waals surface area contributed by atoms with Gasteiger partial charge in [0.1, 0.15) is 12.3 Å². The third kappa shape index (κ3) is 5.43. The lowest BCUT2D eigenvalue weighted by Gasteiger charge is -2.28. The van der Waals surface area contributed by atoms with E-state index in [9.17, 15) is 9.59 Å². The van der Waals surface area contributed by atoms with Crippen molar-refractivity contribution in [2.24, 2.45) is 0 Å². The SMILES string of the molecule is COc1ccc(C(=O)N(CC(=O)N(CCc2c[nH]c3ccccc23)Cc2ccccc2)C2CC2)cc1. The quantitative estimate of drug-likeness (QED) is 0.345. The van der Waals surface area contributed by atoms with Gasteiger partial charge in [0, 0.05) is 41.8 Å². The van der Waals surface area contributed by atoms with Crippen LogP contribution in [-0.2, 0) is 17.8 Å². The highest BCUT2D eigenvalue weighted by Crippen LogP contribution is 2.29. The van der Waals surface area contributed by atoms with Crippen molar-refractivity contribution in [3.8, 4) is 5.75 Å². The Morgan fingerprint density at radius 1 is 0.944 bits per heavy atom. The zero-order valence-electron chi connectivity index (χ0n) is 20.5. The number of methoxy groups -OCH3 is 1. The van der Waals surface area contributed by atoms with E-state index in [1.165, 1.54) is 10.9 Å². The van der Waals surface area contributed by atoms with E-state index in [4.69, 9.17) is 4.74 Å². The van der Waals surface area contributed by atoms with Gasteiger partial charge in [0.05, 0.1) is 7.11 Å². The van der Waals surface area contributed by atoms with Crippen LogP contribution in [0.2, 0.25) is 0 Å². The van der Waals surface area contributed by atoms with Crippen molar-refractivity contribution >= 4 is 22.7 Å². The van der Waals surface area contributed by atoms with Gasteiger partial charge < -0.3 is 19.5 Å². The first-order chi connectivity index (χ1) is 17.6. The second kappa shape index (κ2) is 10.7. The molecule has 5 rings (SSSR count). The maximum absolute atomic E-state index is 13.7. The molecule has 184 valence electrons. The number of fused-ring (bicyclic) bond motifs is 1. The van der Waals surface area contributed by atoms with Crippen molar-refractivity contribution in [2.75, 3.05) is 20.2 Å². The van der Waals surface area contributed by atoms with E-state index in [1.54, 1.807) is 36.3 Å². The van der Waals surface area contributed by atoms with Gasteiger partial charge in [-0.1, -0.05) is 48.5 Å². The molecular weight excluding hydrogens is 450 g/mol. The molecule has 1 heterocycles. The summed E-state index contributed by atoms with van der Waals surface area (Å²) in [5.74, 6) is 0.559. The van der Waals surface area contributed by atoms with Gasteiger partial charge in [-0.2, -0.15) is 0 Å². The second-order valence-electron chi connectivity index (χ2n) is 9.30. The molecule has 1 fully saturated rings. The lowest BCUT2D eigenvalue weighted by atomic mass is 10.1. The molecule has 0 bridgehead atoms. The van der Waals surface area contributed by atoms with E-state index < -0.39 is 0 Å². The van der Waals surface area contributed by atoms with E-state index in [0.29, 0.717) is 24.4 Å². The minimum absolute atomic E-state index is 0.0348. The van der Waals surface area contributed by atoms with Crippen LogP contribution in [0.5, 0.6) is 5.75 Å². The molecule has 0 radical (unpaired) electrons. The largest absolute Gasteiger partial charge is 0.497 e. The van der Waals surface area contributed by atoms with E-state index in [0.717, 1.165) is 30.3 Å². The molecule has 3 aromatic carbocycles. The Kier molecular flexibility index (Phi) is 7.03. The molecule has 0 atom stereocenters. The normalized spacial score (nSPS) is 12.9. The number of ether oxygens (including phenoxy) is 1. The zero-order chi connectivity index (χ0) is 24.9. The molecule has 6 nitrogen and oxygen atoms in total. The van der Waals surface area contributed by atoms with E-state index >= 15 is 0 Å². The van der Waals surface area contributed by atoms with Crippen molar-refractivity contribution in [1.82, 2.24) is 14.8 Å². The summed E-state index contributed by atoms with van der Waals surface area (Å²) in [6.45, 7) is 1.16. The number of amides is 2. The summed E-state index contributed by atoms with van der Waals surface area (Å²) >= 11 is 0. The molecular formula is C30H31N3O3. The molecule has 2 amide bonds. The summed E-state index contributed by atoms with van der Waals surface area (Å²) in [4.78, 5) is 33.9. The van der Waals surface area contributed by atoms with Crippen molar-refractivity contribution in [3.63, 3.8) is 0 Å². The van der Waals surface area contributed by atoms with Gasteiger partial charge in [-0.25, -0.2) is 0 Å². The smallest absolute Gasteiger partial charge is 0.254 e. The number of aromatic amines is 1. The zero-order valence-corrected chi connectivity index (χ0v) is 20.5. The third-order valence-electron chi connectivity index (χ3n) is 6.79. The van der Waals surface area contributed by atoms with Gasteiger partial charge in [0.2, 0.25) is 5.91 Å². The fraction of sp³-hybridized carbons (Fsp3) is 0.267. The van der Waals surface area contributed by atoms with Crippen molar-refractivity contribution in [2.45, 2.75) is 31.8 Å². The van der Waals surface area contributed by atoms with Gasteiger partial charge in [-0.05, 0) is 60.7 Å². The Labute approximate surface area is 211 Å². The topological polar surface area (TPSA) is 65.6 Å². The van der Waals surface area contributed by atoms with Crippen LogP contribution in [0.1, 0.15) is 34.3 Å². The molecule has 1 aliphatic rings. The van der Waals surface area contributed by atoms with Crippen LogP contribution < -0.4 is 4.74 Å². The molecule has 4 aromatic rings. The molecule has 6 heteroatoms. The first-order valence-electron chi connectivity index (χ1n) is 12.4. The lowest BCUT2D eigenvalue weighted by Crippen LogP contribution is -2.44. The van der Waals surface area contributed by atoms with Crippen LogP contribution in [0, 0.1) is 0 Å². The van der Waals surface area contributed by atoms with Gasteiger partial charge in [0.15, 0.2) is 0 Å². The Hall–Kier alpha value is -4.06. The van der Waals surface area contributed by atoms with Crippen LogP contribution in [0.3, 0.4) is 0 Å². The number of aromatic nitrogens is 1. The summed E-state index contributed by atoms with van der Waals surface area (Å²) in [7, 11) is 1.60. The monoisotopic (exact) mass is 481 g/mol. The third-order valence-corrected chi connectivity index (χ3v) is 6.79. The summed E-state index contributed by atoms with van der Waals surface area (Å²) in [5, 5.41) is 1.18. The van der Waals surface area contributed by atoms with Crippen LogP contribution >= 0.6 is 0 Å². The van der Waals surface area contributed by atoms with Crippen LogP contribution in [0.15, 0.2) is 85.1 Å². The predicted octanol–water partition coefficient (Wildman–Crippen LogP) is 5.05. The molecule has 0 aliphatic heterocycles. The van der Waals surface area contributed by atoms with Crippen molar-refractivity contribution < 1.29 is 14.3 Å². The van der Waals surface area contributed by atoms with Gasteiger partial charge in [-0.15, -0.1) is 0 Å². The molecule has 0 saturated heterocycles. The minimum Gasteiger partial charge on any atom is -0.497 e. The second-order valence-corrected chi connectivity index (χ2v) is 9.30. The van der Waals surface area contributed by atoms with Crippen LogP contribution in [0.25, 0.3) is 10.9 Å². The fourth-order valence-electron chi connectivity index (χ4n) is 4.59. The summed E-state index contributed by atoms with van der Waals surface area (Å²) in [6, 6.07) is 25.4. The number of nitrogens with zero attached hydrogens (tertiary/aromatic N) is 2. The Balaban J connectivity index is 1.33. The van der Waals surface area contributed by atoms with E-state index in [1.807, 2.05) is 53.6 Å². The molecule has 0 unspecified atom stereocenters. The van der Waals surface area contributed by atoms with E-state index in [2.05, 4.69) is 17.1 Å². The maximum Gasteiger partial charge on any atom is 0.254 e. The van der Waals surface area contributed by atoms with Crippen molar-refractivity contribution in [3.05, 3.63) is 102 Å². The highest BCUT2D eigenvalue weighted by molar-refractivity contribution is 5.97. The number of rotatable bonds is 10. The average molecular weight is 482 g/mol. The first kappa shape index (κ1) is 23.7. The Bertz CT molecular complexity index is 1330. The number of hydrogen-bond donors (Lipinski definition) is 1. The summed E-state index contributed by atoms with van der Waals surface area (Å²) in [6.07, 6.45) is 4.63. The molecule has 1 N–H and O–H groups in total. The first-order valence-corrected chi connectivity index (χ1v) is 12.4. The van der Waals surface area contributed by atoms with Gasteiger partial charge in [-0.3, -0.25) is 9.59 Å². The Morgan fingerprint density at radius 2 is 1.67 bits per heavy atom. The summed E-state index contributed by atoms with van der Waals surface area (Å²) < 4.78 is 5.22. The highest BCUT2D eigenvalue weighted by atomic mass is 16.5. The number of para-hydroxylation sites is 1. The maximum atomic E-state index is 13.7. The van der Waals surface area contributed by atoms with Crippen LogP contribution in [-0.4, -0.2) is 52.8 Å². The Morgan fingerprint density at radius 3 is 2.39 bits per heavy atom. The van der Waals surface area contributed by atoms with Gasteiger partial charge in [0.25, 0.3) is 5.91 Å².